The number of carbonyl (C=O) groups is 1. The number of hydrogen-bond donors (Lipinski definition) is 1. The Balaban J connectivity index is 1.71. The summed E-state index contributed by atoms with van der Waals surface area (Å²) in [6, 6.07) is 16.3. The Morgan fingerprint density at radius 1 is 1.21 bits per heavy atom. The summed E-state index contributed by atoms with van der Waals surface area (Å²) in [7, 11) is 0. The molecule has 0 heterocycles. The summed E-state index contributed by atoms with van der Waals surface area (Å²) in [5.74, 6) is 0.756. The third kappa shape index (κ3) is 3.61. The average molecular weight is 323 g/mol. The average Bonchev–Trinajstić information content (AvgIpc) is 2.61. The second-order valence-corrected chi connectivity index (χ2v) is 6.43. The van der Waals surface area contributed by atoms with Gasteiger partial charge >= 0.3 is 0 Å². The Morgan fingerprint density at radius 2 is 1.96 bits per heavy atom. The minimum atomic E-state index is -0.458. The smallest absolute Gasteiger partial charge is 0.261 e. The lowest BCUT2D eigenvalue weighted by Gasteiger charge is -2.28. The minimum absolute atomic E-state index is 0.0255. The maximum Gasteiger partial charge on any atom is 0.261 e. The molecule has 2 atom stereocenters. The van der Waals surface area contributed by atoms with E-state index in [0.29, 0.717) is 6.42 Å². The molecule has 1 aliphatic carbocycles. The predicted molar refractivity (Wildman–Crippen MR) is 96.1 cm³/mol. The van der Waals surface area contributed by atoms with Crippen molar-refractivity contribution in [3.05, 3.63) is 65.2 Å². The molecule has 0 radical (unpaired) electrons. The van der Waals surface area contributed by atoms with Crippen LogP contribution in [0.4, 0.5) is 0 Å². The van der Waals surface area contributed by atoms with Crippen LogP contribution in [-0.4, -0.2) is 12.0 Å². The minimum Gasteiger partial charge on any atom is -0.480 e. The molecule has 2 aromatic carbocycles. The van der Waals surface area contributed by atoms with Gasteiger partial charge in [-0.1, -0.05) is 49.4 Å². The van der Waals surface area contributed by atoms with E-state index in [4.69, 9.17) is 4.74 Å². The maximum atomic E-state index is 12.7. The van der Waals surface area contributed by atoms with Crippen molar-refractivity contribution in [1.29, 1.82) is 0 Å². The van der Waals surface area contributed by atoms with E-state index in [-0.39, 0.29) is 11.9 Å². The van der Waals surface area contributed by atoms with E-state index in [0.717, 1.165) is 30.6 Å². The molecule has 2 aromatic rings. The lowest BCUT2D eigenvalue weighted by molar-refractivity contribution is -0.129. The van der Waals surface area contributed by atoms with Gasteiger partial charge in [-0.15, -0.1) is 0 Å². The molecule has 0 aliphatic heterocycles. The number of aryl methyl sites for hydroxylation is 2. The van der Waals surface area contributed by atoms with Gasteiger partial charge in [-0.2, -0.15) is 0 Å². The second-order valence-electron chi connectivity index (χ2n) is 6.43. The molecule has 3 heteroatoms. The Hall–Kier alpha value is -2.29. The highest BCUT2D eigenvalue weighted by Crippen LogP contribution is 2.29. The number of fused-ring (bicyclic) bond motifs is 1. The van der Waals surface area contributed by atoms with Crippen molar-refractivity contribution in [2.45, 2.75) is 51.7 Å². The fourth-order valence-corrected chi connectivity index (χ4v) is 3.33. The number of rotatable bonds is 5. The van der Waals surface area contributed by atoms with Crippen molar-refractivity contribution >= 4 is 5.91 Å². The van der Waals surface area contributed by atoms with Crippen LogP contribution in [0.3, 0.4) is 0 Å². The lowest BCUT2D eigenvalue weighted by atomic mass is 9.87. The SMILES string of the molecule is CC[C@H](Oc1ccccc1C)C(=O)N[C@@H]1CCCc2ccccc21. The normalized spacial score (nSPS) is 17.7. The molecular weight excluding hydrogens is 298 g/mol. The number of para-hydroxylation sites is 1. The molecule has 1 aliphatic rings. The van der Waals surface area contributed by atoms with Gasteiger partial charge in [0, 0.05) is 0 Å². The quantitative estimate of drug-likeness (QED) is 0.888. The highest BCUT2D eigenvalue weighted by Gasteiger charge is 2.25. The molecule has 3 rings (SSSR count). The first-order chi connectivity index (χ1) is 11.7. The van der Waals surface area contributed by atoms with E-state index in [1.807, 2.05) is 44.2 Å². The van der Waals surface area contributed by atoms with Crippen LogP contribution in [0.15, 0.2) is 48.5 Å². The number of benzene rings is 2. The van der Waals surface area contributed by atoms with Gasteiger partial charge in [0.25, 0.3) is 5.91 Å². The van der Waals surface area contributed by atoms with E-state index in [1.165, 1.54) is 11.1 Å². The summed E-state index contributed by atoms with van der Waals surface area (Å²) in [4.78, 5) is 12.7. The number of carbonyl (C=O) groups excluding carboxylic acids is 1. The summed E-state index contributed by atoms with van der Waals surface area (Å²) >= 11 is 0. The van der Waals surface area contributed by atoms with Gasteiger partial charge in [0.2, 0.25) is 0 Å². The van der Waals surface area contributed by atoms with Crippen LogP contribution in [0.5, 0.6) is 5.75 Å². The highest BCUT2D eigenvalue weighted by atomic mass is 16.5. The van der Waals surface area contributed by atoms with Crippen molar-refractivity contribution in [3.8, 4) is 5.75 Å². The molecule has 0 aromatic heterocycles. The van der Waals surface area contributed by atoms with Crippen LogP contribution < -0.4 is 10.1 Å². The number of ether oxygens (including phenoxy) is 1. The molecule has 0 unspecified atom stereocenters. The molecule has 0 saturated carbocycles. The number of hydrogen-bond acceptors (Lipinski definition) is 2. The van der Waals surface area contributed by atoms with Crippen LogP contribution in [0, 0.1) is 6.92 Å². The van der Waals surface area contributed by atoms with Gasteiger partial charge in [0.05, 0.1) is 6.04 Å². The molecule has 24 heavy (non-hydrogen) atoms. The van der Waals surface area contributed by atoms with E-state index in [9.17, 15) is 4.79 Å². The highest BCUT2D eigenvalue weighted by molar-refractivity contribution is 5.81. The summed E-state index contributed by atoms with van der Waals surface area (Å²) in [6.07, 6.45) is 3.38. The molecule has 3 nitrogen and oxygen atoms in total. The Labute approximate surface area is 144 Å². The summed E-state index contributed by atoms with van der Waals surface area (Å²) in [5, 5.41) is 3.20. The van der Waals surface area contributed by atoms with Crippen LogP contribution in [-0.2, 0) is 11.2 Å². The van der Waals surface area contributed by atoms with Gasteiger partial charge in [-0.3, -0.25) is 4.79 Å². The number of amides is 1. The fourth-order valence-electron chi connectivity index (χ4n) is 3.33. The molecule has 0 spiro atoms. The van der Waals surface area contributed by atoms with Gasteiger partial charge in [0.1, 0.15) is 5.75 Å². The molecule has 0 fully saturated rings. The lowest BCUT2D eigenvalue weighted by Crippen LogP contribution is -2.41. The summed E-state index contributed by atoms with van der Waals surface area (Å²) in [5.41, 5.74) is 3.65. The zero-order chi connectivity index (χ0) is 16.9. The summed E-state index contributed by atoms with van der Waals surface area (Å²) < 4.78 is 5.97. The zero-order valence-corrected chi connectivity index (χ0v) is 14.4. The maximum absolute atomic E-state index is 12.7. The van der Waals surface area contributed by atoms with E-state index < -0.39 is 6.10 Å². The van der Waals surface area contributed by atoms with Crippen LogP contribution >= 0.6 is 0 Å². The van der Waals surface area contributed by atoms with Gasteiger partial charge in [-0.05, 0) is 55.4 Å². The first-order valence-electron chi connectivity index (χ1n) is 8.79. The van der Waals surface area contributed by atoms with Crippen LogP contribution in [0.2, 0.25) is 0 Å². The first kappa shape index (κ1) is 16.6. The van der Waals surface area contributed by atoms with Gasteiger partial charge in [0.15, 0.2) is 6.10 Å². The Bertz CT molecular complexity index is 710. The largest absolute Gasteiger partial charge is 0.480 e. The van der Waals surface area contributed by atoms with Crippen LogP contribution in [0.1, 0.15) is 48.9 Å². The molecule has 1 amide bonds. The molecule has 0 bridgehead atoms. The van der Waals surface area contributed by atoms with Crippen molar-refractivity contribution < 1.29 is 9.53 Å². The number of nitrogens with one attached hydrogen (secondary N) is 1. The summed E-state index contributed by atoms with van der Waals surface area (Å²) in [6.45, 7) is 3.98. The van der Waals surface area contributed by atoms with Crippen molar-refractivity contribution in [1.82, 2.24) is 5.32 Å². The Morgan fingerprint density at radius 3 is 2.75 bits per heavy atom. The van der Waals surface area contributed by atoms with Crippen molar-refractivity contribution in [2.24, 2.45) is 0 Å². The van der Waals surface area contributed by atoms with Crippen molar-refractivity contribution in [3.63, 3.8) is 0 Å². The van der Waals surface area contributed by atoms with Crippen LogP contribution in [0.25, 0.3) is 0 Å². The van der Waals surface area contributed by atoms with Crippen molar-refractivity contribution in [2.75, 3.05) is 0 Å². The van der Waals surface area contributed by atoms with E-state index >= 15 is 0 Å². The molecule has 1 N–H and O–H groups in total. The zero-order valence-electron chi connectivity index (χ0n) is 14.4. The first-order valence-corrected chi connectivity index (χ1v) is 8.79. The monoisotopic (exact) mass is 323 g/mol. The third-order valence-corrected chi connectivity index (χ3v) is 4.71. The van der Waals surface area contributed by atoms with Gasteiger partial charge in [-0.25, -0.2) is 0 Å². The molecule has 126 valence electrons. The molecule has 0 saturated heterocycles. The predicted octanol–water partition coefficient (Wildman–Crippen LogP) is 4.35. The molecular formula is C21H25NO2. The van der Waals surface area contributed by atoms with Gasteiger partial charge < -0.3 is 10.1 Å². The topological polar surface area (TPSA) is 38.3 Å². The fraction of sp³-hybridized carbons (Fsp3) is 0.381. The van der Waals surface area contributed by atoms with E-state index in [1.54, 1.807) is 0 Å². The third-order valence-electron chi connectivity index (χ3n) is 4.71. The standard InChI is InChI=1S/C21H25NO2/c1-3-19(24-20-14-7-4-9-15(20)2)21(23)22-18-13-8-11-16-10-5-6-12-17(16)18/h4-7,9-10,12,14,18-19H,3,8,11,13H2,1-2H3,(H,22,23)/t18-,19+/m1/s1. The van der Waals surface area contributed by atoms with E-state index in [2.05, 4.69) is 23.5 Å². The second kappa shape index (κ2) is 7.52. The Kier molecular flexibility index (Phi) is 5.19.